The lowest BCUT2D eigenvalue weighted by Crippen LogP contribution is -2.56. The number of hydrogen-bond acceptors (Lipinski definition) is 4. The second-order valence-corrected chi connectivity index (χ2v) is 5.23. The first kappa shape index (κ1) is 15.5. The molecule has 1 unspecified atom stereocenters. The van der Waals surface area contributed by atoms with Crippen LogP contribution in [0, 0.1) is 0 Å². The van der Waals surface area contributed by atoms with Crippen LogP contribution in [0.15, 0.2) is 23.4 Å². The summed E-state index contributed by atoms with van der Waals surface area (Å²) in [6.45, 7) is 3.61. The summed E-state index contributed by atoms with van der Waals surface area (Å²) >= 11 is 12.5. The van der Waals surface area contributed by atoms with Gasteiger partial charge < -0.3 is 14.4 Å². The Morgan fingerprint density at radius 3 is 2.22 bits per heavy atom. The zero-order valence-corrected chi connectivity index (χ0v) is 12.4. The van der Waals surface area contributed by atoms with Gasteiger partial charge in [-0.3, -0.25) is 4.79 Å². The molecule has 1 rings (SSSR count). The van der Waals surface area contributed by atoms with Crippen LogP contribution in [0.4, 0.5) is 0 Å². The van der Waals surface area contributed by atoms with Crippen molar-refractivity contribution in [2.75, 3.05) is 28.3 Å². The lowest BCUT2D eigenvalue weighted by Gasteiger charge is -2.40. The minimum Gasteiger partial charge on any atom is -0.375 e. The molecule has 0 heterocycles. The van der Waals surface area contributed by atoms with Gasteiger partial charge in [0.1, 0.15) is 5.03 Å². The zero-order chi connectivity index (χ0) is 14.1. The third-order valence-corrected chi connectivity index (χ3v) is 3.97. The van der Waals surface area contributed by atoms with Crippen molar-refractivity contribution in [1.82, 2.24) is 4.90 Å². The van der Waals surface area contributed by atoms with E-state index in [1.54, 1.807) is 25.1 Å². The smallest absolute Gasteiger partial charge is 0.239 e. The highest BCUT2D eigenvalue weighted by Crippen LogP contribution is 2.51. The Morgan fingerprint density at radius 1 is 1.39 bits per heavy atom. The van der Waals surface area contributed by atoms with Crippen molar-refractivity contribution in [2.24, 2.45) is 0 Å². The summed E-state index contributed by atoms with van der Waals surface area (Å²) in [6.07, 6.45) is 1.73. The van der Waals surface area contributed by atoms with E-state index in [-0.39, 0.29) is 11.5 Å². The minimum absolute atomic E-state index is 0.0283. The normalized spacial score (nSPS) is 26.7. The Morgan fingerprint density at radius 2 is 1.89 bits per heavy atom. The van der Waals surface area contributed by atoms with Gasteiger partial charge in [0.25, 0.3) is 0 Å². The van der Waals surface area contributed by atoms with Crippen molar-refractivity contribution in [1.29, 1.82) is 0 Å². The number of halogens is 2. The maximum absolute atomic E-state index is 12.3. The third kappa shape index (κ3) is 1.79. The van der Waals surface area contributed by atoms with E-state index in [2.05, 4.69) is 6.58 Å². The highest BCUT2D eigenvalue weighted by Gasteiger charge is 2.66. The molecule has 18 heavy (non-hydrogen) atoms. The molecule has 0 aromatic carbocycles. The van der Waals surface area contributed by atoms with Crippen molar-refractivity contribution in [3.8, 4) is 0 Å². The van der Waals surface area contributed by atoms with Crippen LogP contribution in [-0.4, -0.2) is 49.7 Å². The number of nitrogens with zero attached hydrogens (tertiary/aromatic N) is 1. The average molecular weight is 294 g/mol. The molecule has 1 aliphatic carbocycles. The topological polar surface area (TPSA) is 38.8 Å². The zero-order valence-electron chi connectivity index (χ0n) is 10.9. The number of likely N-dealkylation sites (N-methyl/N-ethyl adjacent to an activating group) is 1. The van der Waals surface area contributed by atoms with Crippen LogP contribution in [0.2, 0.25) is 0 Å². The monoisotopic (exact) mass is 293 g/mol. The van der Waals surface area contributed by atoms with Crippen LogP contribution >= 0.6 is 23.2 Å². The fraction of sp³-hybridized carbons (Fsp3) is 0.583. The van der Waals surface area contributed by atoms with E-state index < -0.39 is 16.4 Å². The van der Waals surface area contributed by atoms with E-state index in [0.717, 1.165) is 0 Å². The maximum Gasteiger partial charge on any atom is 0.239 e. The van der Waals surface area contributed by atoms with Gasteiger partial charge in [0.05, 0.1) is 5.70 Å². The molecule has 1 atom stereocenters. The van der Waals surface area contributed by atoms with Gasteiger partial charge in [0, 0.05) is 28.3 Å². The summed E-state index contributed by atoms with van der Waals surface area (Å²) in [5.41, 5.74) is 0.413. The summed E-state index contributed by atoms with van der Waals surface area (Å²) in [4.78, 5) is 12.5. The molecule has 0 saturated carbocycles. The fourth-order valence-corrected chi connectivity index (χ4v) is 3.23. The summed E-state index contributed by atoms with van der Waals surface area (Å²) in [5.74, 6) is -1.83. The SMILES string of the molecule is C=CCC1(Cl)C(=O)C(Cl)=C(N(C)C)C1(OC)OC. The average Bonchev–Trinajstić information content (AvgIpc) is 2.48. The van der Waals surface area contributed by atoms with Gasteiger partial charge in [0.2, 0.25) is 11.6 Å². The van der Waals surface area contributed by atoms with Gasteiger partial charge in [-0.25, -0.2) is 0 Å². The van der Waals surface area contributed by atoms with E-state index in [0.29, 0.717) is 5.70 Å². The Hall–Kier alpha value is -0.550. The molecule has 0 bridgehead atoms. The van der Waals surface area contributed by atoms with Gasteiger partial charge in [-0.15, -0.1) is 18.2 Å². The van der Waals surface area contributed by atoms with Crippen LogP contribution in [0.25, 0.3) is 0 Å². The quantitative estimate of drug-likeness (QED) is 0.442. The molecule has 4 nitrogen and oxygen atoms in total. The fourth-order valence-electron chi connectivity index (χ4n) is 2.28. The van der Waals surface area contributed by atoms with Crippen molar-refractivity contribution in [2.45, 2.75) is 17.1 Å². The third-order valence-electron chi connectivity index (χ3n) is 3.05. The Kier molecular flexibility index (Phi) is 4.49. The van der Waals surface area contributed by atoms with Crippen LogP contribution < -0.4 is 0 Å². The van der Waals surface area contributed by atoms with E-state index >= 15 is 0 Å². The molecular formula is C12H17Cl2NO3. The van der Waals surface area contributed by atoms with Gasteiger partial charge >= 0.3 is 0 Å². The predicted octanol–water partition coefficient (Wildman–Crippen LogP) is 2.12. The molecule has 0 N–H and O–H groups in total. The van der Waals surface area contributed by atoms with Crippen LogP contribution in [0.1, 0.15) is 6.42 Å². The number of allylic oxidation sites excluding steroid dienone is 2. The lowest BCUT2D eigenvalue weighted by atomic mass is 9.93. The highest BCUT2D eigenvalue weighted by molar-refractivity contribution is 6.53. The van der Waals surface area contributed by atoms with Gasteiger partial charge in [0.15, 0.2) is 4.87 Å². The van der Waals surface area contributed by atoms with Gasteiger partial charge in [-0.1, -0.05) is 17.7 Å². The first-order valence-electron chi connectivity index (χ1n) is 5.34. The Bertz CT molecular complexity index is 402. The molecule has 6 heteroatoms. The largest absolute Gasteiger partial charge is 0.375 e. The van der Waals surface area contributed by atoms with E-state index in [4.69, 9.17) is 32.7 Å². The van der Waals surface area contributed by atoms with Crippen LogP contribution in [0.3, 0.4) is 0 Å². The van der Waals surface area contributed by atoms with Crippen molar-refractivity contribution in [3.05, 3.63) is 23.4 Å². The molecule has 0 aliphatic heterocycles. The first-order valence-corrected chi connectivity index (χ1v) is 6.10. The van der Waals surface area contributed by atoms with Gasteiger partial charge in [-0.2, -0.15) is 0 Å². The van der Waals surface area contributed by atoms with E-state index in [1.807, 2.05) is 0 Å². The predicted molar refractivity (Wildman–Crippen MR) is 71.7 cm³/mol. The molecule has 1 aliphatic rings. The Labute approximate surface area is 117 Å². The van der Waals surface area contributed by atoms with Crippen molar-refractivity contribution in [3.63, 3.8) is 0 Å². The first-order chi connectivity index (χ1) is 8.32. The number of ketones is 1. The number of rotatable bonds is 5. The molecule has 0 amide bonds. The summed E-state index contributed by atoms with van der Waals surface area (Å²) < 4.78 is 10.8. The molecule has 0 radical (unpaired) electrons. The summed E-state index contributed by atoms with van der Waals surface area (Å²) in [5, 5.41) is 0.0283. The van der Waals surface area contributed by atoms with Crippen molar-refractivity contribution >= 4 is 29.0 Å². The molecular weight excluding hydrogens is 277 g/mol. The number of carbonyl (C=O) groups is 1. The number of carbonyl (C=O) groups excluding carboxylic acids is 1. The van der Waals surface area contributed by atoms with Crippen LogP contribution in [-0.2, 0) is 14.3 Å². The van der Waals surface area contributed by atoms with Crippen molar-refractivity contribution < 1.29 is 14.3 Å². The maximum atomic E-state index is 12.3. The number of alkyl halides is 1. The lowest BCUT2D eigenvalue weighted by molar-refractivity contribution is -0.204. The van der Waals surface area contributed by atoms with E-state index in [9.17, 15) is 4.79 Å². The second kappa shape index (κ2) is 5.21. The molecule has 0 saturated heterocycles. The summed E-state index contributed by atoms with van der Waals surface area (Å²) in [6, 6.07) is 0. The van der Waals surface area contributed by atoms with Crippen LogP contribution in [0.5, 0.6) is 0 Å². The second-order valence-electron chi connectivity index (χ2n) is 4.20. The van der Waals surface area contributed by atoms with Gasteiger partial charge in [-0.05, 0) is 6.42 Å². The molecule has 0 fully saturated rings. The molecule has 102 valence electrons. The standard InChI is InChI=1S/C12H17Cl2NO3/c1-6-7-11(14)10(16)8(13)9(15(2)3)12(11,17-4)18-5/h6H,1,7H2,2-5H3. The summed E-state index contributed by atoms with van der Waals surface area (Å²) in [7, 11) is 6.34. The minimum atomic E-state index is -1.44. The number of Topliss-reactive ketones (excluding diaryl/α,β-unsaturated/α-hetero) is 1. The van der Waals surface area contributed by atoms with E-state index in [1.165, 1.54) is 14.2 Å². The number of ether oxygens (including phenoxy) is 2. The highest BCUT2D eigenvalue weighted by atomic mass is 35.5. The number of hydrogen-bond donors (Lipinski definition) is 0. The molecule has 0 aromatic heterocycles. The number of methoxy groups -OCH3 is 2. The Balaban J connectivity index is 3.52. The molecule has 0 spiro atoms. The molecule has 0 aromatic rings.